The van der Waals surface area contributed by atoms with Crippen LogP contribution in [-0.4, -0.2) is 79.3 Å². The highest BCUT2D eigenvalue weighted by atomic mass is 19.1. The molecule has 0 saturated carbocycles. The largest absolute Gasteiger partial charge is 0.471 e. The molecule has 1 N–H and O–H groups in total. The van der Waals surface area contributed by atoms with Crippen LogP contribution in [0, 0.1) is 11.6 Å². The van der Waals surface area contributed by atoms with Crippen molar-refractivity contribution in [1.29, 1.82) is 0 Å². The van der Waals surface area contributed by atoms with Crippen molar-refractivity contribution in [2.45, 2.75) is 25.0 Å². The van der Waals surface area contributed by atoms with Crippen molar-refractivity contribution in [2.75, 3.05) is 44.9 Å². The molecule has 2 unspecified atom stereocenters. The quantitative estimate of drug-likeness (QED) is 0.566. The molecule has 0 aliphatic carbocycles. The molecule has 2 aliphatic heterocycles. The minimum absolute atomic E-state index is 0.0000924. The fraction of sp³-hybridized carbons (Fsp3) is 0.435. The number of anilines is 1. The van der Waals surface area contributed by atoms with Gasteiger partial charge in [0.1, 0.15) is 30.6 Å². The Morgan fingerprint density at radius 3 is 2.74 bits per heavy atom. The van der Waals surface area contributed by atoms with Crippen LogP contribution in [0.4, 0.5) is 19.3 Å². The van der Waals surface area contributed by atoms with E-state index in [0.717, 1.165) is 17.0 Å². The summed E-state index contributed by atoms with van der Waals surface area (Å²) < 4.78 is 50.1. The molecule has 1 aromatic carbocycles. The van der Waals surface area contributed by atoms with E-state index in [1.54, 1.807) is 6.08 Å². The van der Waals surface area contributed by atoms with Crippen molar-refractivity contribution in [3.63, 3.8) is 0 Å². The number of ether oxygens (including phenoxy) is 3. The van der Waals surface area contributed by atoms with E-state index in [2.05, 4.69) is 9.68 Å². The number of rotatable bonds is 9. The molecular formula is C23H25F2N3O7. The fourth-order valence-electron chi connectivity index (χ4n) is 3.96. The van der Waals surface area contributed by atoms with Gasteiger partial charge in [-0.1, -0.05) is 6.08 Å². The van der Waals surface area contributed by atoms with E-state index in [1.807, 2.05) is 0 Å². The number of hydrogen-bond donors (Lipinski definition) is 1. The number of amides is 2. The molecule has 0 spiro atoms. The van der Waals surface area contributed by atoms with Crippen LogP contribution in [0.3, 0.4) is 0 Å². The Morgan fingerprint density at radius 2 is 2.11 bits per heavy atom. The number of cyclic esters (lactones) is 1. The molecule has 1 saturated heterocycles. The van der Waals surface area contributed by atoms with Crippen LogP contribution in [0.15, 0.2) is 35.1 Å². The van der Waals surface area contributed by atoms with Crippen LogP contribution in [0.5, 0.6) is 5.88 Å². The maximum absolute atomic E-state index is 15.0. The third-order valence-corrected chi connectivity index (χ3v) is 5.77. The second kappa shape index (κ2) is 10.8. The van der Waals surface area contributed by atoms with Gasteiger partial charge in [0.05, 0.1) is 12.2 Å². The van der Waals surface area contributed by atoms with Crippen molar-refractivity contribution in [3.05, 3.63) is 47.7 Å². The number of nitrogens with zero attached hydrogens (tertiary/aromatic N) is 3. The Bertz CT molecular complexity index is 1070. The number of methoxy groups -OCH3 is 1. The average Bonchev–Trinajstić information content (AvgIpc) is 3.50. The van der Waals surface area contributed by atoms with E-state index in [0.29, 0.717) is 5.57 Å². The first kappa shape index (κ1) is 24.6. The first-order valence-corrected chi connectivity index (χ1v) is 11.0. The molecule has 4 rings (SSSR count). The van der Waals surface area contributed by atoms with Crippen molar-refractivity contribution >= 4 is 23.3 Å². The molecule has 10 nitrogen and oxygen atoms in total. The van der Waals surface area contributed by atoms with Crippen molar-refractivity contribution in [2.24, 2.45) is 0 Å². The van der Waals surface area contributed by atoms with Gasteiger partial charge in [-0.15, -0.1) is 0 Å². The summed E-state index contributed by atoms with van der Waals surface area (Å²) in [6, 6.07) is 3.65. The summed E-state index contributed by atoms with van der Waals surface area (Å²) >= 11 is 0. The SMILES string of the molecule is COCCC(O)C(=O)N1CC=C(c2c(F)cc(N3CC(COc4ccon4)OC3=O)cc2F)CC1. The topological polar surface area (TPSA) is 115 Å². The Morgan fingerprint density at radius 1 is 1.34 bits per heavy atom. The van der Waals surface area contributed by atoms with Crippen molar-refractivity contribution in [1.82, 2.24) is 10.1 Å². The molecule has 1 fully saturated rings. The van der Waals surface area contributed by atoms with Gasteiger partial charge in [-0.05, 0) is 29.3 Å². The molecule has 2 aliphatic rings. The molecule has 12 heteroatoms. The van der Waals surface area contributed by atoms with E-state index < -0.39 is 35.8 Å². The van der Waals surface area contributed by atoms with Crippen molar-refractivity contribution in [3.8, 4) is 5.88 Å². The summed E-state index contributed by atoms with van der Waals surface area (Å²) in [5.74, 6) is -1.89. The Balaban J connectivity index is 1.41. The Hall–Kier alpha value is -3.51. The van der Waals surface area contributed by atoms with Crippen LogP contribution >= 0.6 is 0 Å². The van der Waals surface area contributed by atoms with Gasteiger partial charge in [0.25, 0.3) is 11.8 Å². The summed E-state index contributed by atoms with van der Waals surface area (Å²) in [6.07, 6.45) is 0.675. The lowest BCUT2D eigenvalue weighted by molar-refractivity contribution is -0.140. The predicted octanol–water partition coefficient (Wildman–Crippen LogP) is 2.37. The second-order valence-corrected chi connectivity index (χ2v) is 8.11. The third-order valence-electron chi connectivity index (χ3n) is 5.77. The molecule has 1 aromatic heterocycles. The van der Waals surface area contributed by atoms with Crippen molar-refractivity contribution < 1.29 is 42.2 Å². The molecule has 0 radical (unpaired) electrons. The molecular weight excluding hydrogens is 468 g/mol. The van der Waals surface area contributed by atoms with Gasteiger partial charge in [0.15, 0.2) is 6.10 Å². The zero-order valence-corrected chi connectivity index (χ0v) is 19.0. The highest BCUT2D eigenvalue weighted by molar-refractivity contribution is 5.90. The molecule has 35 heavy (non-hydrogen) atoms. The molecule has 2 amide bonds. The average molecular weight is 493 g/mol. The maximum atomic E-state index is 15.0. The molecule has 2 aromatic rings. The number of carbonyl (C=O) groups excluding carboxylic acids is 2. The summed E-state index contributed by atoms with van der Waals surface area (Å²) in [7, 11) is 1.47. The Kier molecular flexibility index (Phi) is 7.61. The fourth-order valence-corrected chi connectivity index (χ4v) is 3.96. The number of hydrogen-bond acceptors (Lipinski definition) is 8. The third kappa shape index (κ3) is 5.60. The number of aromatic nitrogens is 1. The van der Waals surface area contributed by atoms with Gasteiger partial charge >= 0.3 is 6.09 Å². The monoisotopic (exact) mass is 493 g/mol. The van der Waals surface area contributed by atoms with Gasteiger partial charge in [-0.2, -0.15) is 0 Å². The lowest BCUT2D eigenvalue weighted by atomic mass is 9.97. The zero-order chi connectivity index (χ0) is 24.9. The van der Waals surface area contributed by atoms with E-state index in [4.69, 9.17) is 14.2 Å². The summed E-state index contributed by atoms with van der Waals surface area (Å²) in [6.45, 7) is 0.607. The molecule has 188 valence electrons. The zero-order valence-electron chi connectivity index (χ0n) is 19.0. The number of halogens is 2. The number of aliphatic hydroxyl groups excluding tert-OH is 1. The van der Waals surface area contributed by atoms with Gasteiger partial charge in [-0.25, -0.2) is 13.6 Å². The predicted molar refractivity (Wildman–Crippen MR) is 118 cm³/mol. The first-order valence-electron chi connectivity index (χ1n) is 11.0. The van der Waals surface area contributed by atoms with E-state index in [1.165, 1.54) is 24.3 Å². The van der Waals surface area contributed by atoms with Crippen LogP contribution in [0.1, 0.15) is 18.4 Å². The number of benzene rings is 1. The van der Waals surface area contributed by atoms with E-state index in [-0.39, 0.29) is 62.8 Å². The van der Waals surface area contributed by atoms with E-state index >= 15 is 0 Å². The summed E-state index contributed by atoms with van der Waals surface area (Å²) in [5.41, 5.74) is 0.219. The van der Waals surface area contributed by atoms with Crippen LogP contribution in [0.25, 0.3) is 5.57 Å². The minimum Gasteiger partial charge on any atom is -0.471 e. The minimum atomic E-state index is -1.19. The number of aliphatic hydroxyl groups is 1. The molecule has 2 atom stereocenters. The second-order valence-electron chi connectivity index (χ2n) is 8.11. The molecule has 3 heterocycles. The standard InChI is InChI=1S/C23H25F2N3O7/c1-32-8-4-19(29)22(30)27-6-2-14(3-7-27)21-17(24)10-15(11-18(21)25)28-12-16(35-23(28)31)13-33-20-5-9-34-26-20/h2,5,9-11,16,19,29H,3-4,6-8,12-13H2,1H3. The van der Waals surface area contributed by atoms with Crippen LogP contribution in [-0.2, 0) is 14.3 Å². The van der Waals surface area contributed by atoms with Gasteiger partial charge in [0.2, 0.25) is 0 Å². The van der Waals surface area contributed by atoms with Gasteiger partial charge < -0.3 is 28.7 Å². The number of carbonyl (C=O) groups is 2. The highest BCUT2D eigenvalue weighted by Gasteiger charge is 2.34. The maximum Gasteiger partial charge on any atom is 0.414 e. The lowest BCUT2D eigenvalue weighted by Gasteiger charge is -2.29. The van der Waals surface area contributed by atoms with Gasteiger partial charge in [-0.3, -0.25) is 9.69 Å². The summed E-state index contributed by atoms with van der Waals surface area (Å²) in [5, 5.41) is 13.5. The lowest BCUT2D eigenvalue weighted by Crippen LogP contribution is -2.41. The Labute approximate surface area is 199 Å². The van der Waals surface area contributed by atoms with Gasteiger partial charge in [0, 0.05) is 44.9 Å². The smallest absolute Gasteiger partial charge is 0.414 e. The molecule has 0 bridgehead atoms. The van der Waals surface area contributed by atoms with Crippen LogP contribution in [0.2, 0.25) is 0 Å². The van der Waals surface area contributed by atoms with E-state index in [9.17, 15) is 23.5 Å². The van der Waals surface area contributed by atoms with Crippen LogP contribution < -0.4 is 9.64 Å². The summed E-state index contributed by atoms with van der Waals surface area (Å²) in [4.78, 5) is 27.1. The highest BCUT2D eigenvalue weighted by Crippen LogP contribution is 2.32. The normalized spacial score (nSPS) is 18.9. The first-order chi connectivity index (χ1) is 16.9.